The number of aliphatic hydroxyl groups excluding tert-OH is 1. The first-order valence-corrected chi connectivity index (χ1v) is 7.27. The van der Waals surface area contributed by atoms with Crippen LogP contribution in [0.1, 0.15) is 32.6 Å². The Balaban J connectivity index is 1.69. The molecule has 1 aromatic rings. The van der Waals surface area contributed by atoms with Gasteiger partial charge < -0.3 is 15.2 Å². The molecule has 0 radical (unpaired) electrons. The van der Waals surface area contributed by atoms with Crippen molar-refractivity contribution in [2.45, 2.75) is 44.2 Å². The fraction of sp³-hybridized carbons (Fsp3) is 0.600. The van der Waals surface area contributed by atoms with Crippen LogP contribution < -0.4 is 10.1 Å². The molecule has 1 unspecified atom stereocenters. The second-order valence-electron chi connectivity index (χ2n) is 5.57. The van der Waals surface area contributed by atoms with Crippen LogP contribution in [0.3, 0.4) is 0 Å². The van der Waals surface area contributed by atoms with Gasteiger partial charge in [-0.25, -0.2) is 0 Å². The van der Waals surface area contributed by atoms with Gasteiger partial charge in [0.25, 0.3) is 0 Å². The Labute approximate surface area is 119 Å². The zero-order valence-electron chi connectivity index (χ0n) is 11.4. The highest BCUT2D eigenvalue weighted by molar-refractivity contribution is 6.30. The second-order valence-corrected chi connectivity index (χ2v) is 6.00. The van der Waals surface area contributed by atoms with E-state index in [-0.39, 0.29) is 5.54 Å². The summed E-state index contributed by atoms with van der Waals surface area (Å²) in [6.45, 7) is 3.10. The van der Waals surface area contributed by atoms with Crippen LogP contribution in [0.2, 0.25) is 5.02 Å². The van der Waals surface area contributed by atoms with Gasteiger partial charge in [-0.05, 0) is 44.0 Å². The molecule has 0 aromatic heterocycles. The van der Waals surface area contributed by atoms with E-state index in [0.717, 1.165) is 5.75 Å². The maximum Gasteiger partial charge on any atom is 0.119 e. The number of hydrogen-bond donors (Lipinski definition) is 2. The van der Waals surface area contributed by atoms with E-state index in [1.54, 1.807) is 24.3 Å². The van der Waals surface area contributed by atoms with Crippen LogP contribution in [0.25, 0.3) is 0 Å². The number of halogens is 1. The Morgan fingerprint density at radius 3 is 2.58 bits per heavy atom. The lowest BCUT2D eigenvalue weighted by Gasteiger charge is -2.27. The molecule has 2 N–H and O–H groups in total. The zero-order chi connectivity index (χ0) is 13.7. The minimum atomic E-state index is -0.492. The molecule has 3 nitrogen and oxygen atoms in total. The SMILES string of the molecule is CC1(NCC(O)COc2ccc(Cl)cc2)CCCC1. The summed E-state index contributed by atoms with van der Waals surface area (Å²) in [4.78, 5) is 0. The van der Waals surface area contributed by atoms with Crippen molar-refractivity contribution in [3.8, 4) is 5.75 Å². The predicted molar refractivity (Wildman–Crippen MR) is 77.8 cm³/mol. The van der Waals surface area contributed by atoms with Crippen molar-refractivity contribution < 1.29 is 9.84 Å². The number of hydrogen-bond acceptors (Lipinski definition) is 3. The first-order valence-electron chi connectivity index (χ1n) is 6.89. The van der Waals surface area contributed by atoms with Gasteiger partial charge in [0.1, 0.15) is 18.5 Å². The summed E-state index contributed by atoms with van der Waals surface area (Å²) < 4.78 is 5.52. The van der Waals surface area contributed by atoms with E-state index in [1.165, 1.54) is 25.7 Å². The summed E-state index contributed by atoms with van der Waals surface area (Å²) >= 11 is 5.80. The van der Waals surface area contributed by atoms with Gasteiger partial charge in [-0.1, -0.05) is 24.4 Å². The molecule has 1 atom stereocenters. The predicted octanol–water partition coefficient (Wildman–Crippen LogP) is 3.00. The van der Waals surface area contributed by atoms with Gasteiger partial charge in [0.2, 0.25) is 0 Å². The van der Waals surface area contributed by atoms with Crippen molar-refractivity contribution >= 4 is 11.6 Å². The van der Waals surface area contributed by atoms with Crippen molar-refractivity contribution in [1.82, 2.24) is 5.32 Å². The summed E-state index contributed by atoms with van der Waals surface area (Å²) in [7, 11) is 0. The number of ether oxygens (including phenoxy) is 1. The van der Waals surface area contributed by atoms with Crippen LogP contribution in [0, 0.1) is 0 Å². The highest BCUT2D eigenvalue weighted by Crippen LogP contribution is 2.28. The fourth-order valence-electron chi connectivity index (χ4n) is 2.48. The summed E-state index contributed by atoms with van der Waals surface area (Å²) in [5, 5.41) is 14.1. The number of benzene rings is 1. The van der Waals surface area contributed by atoms with Crippen LogP contribution in [0.4, 0.5) is 0 Å². The fourth-order valence-corrected chi connectivity index (χ4v) is 2.60. The lowest BCUT2D eigenvalue weighted by molar-refractivity contribution is 0.0980. The molecule has 1 aromatic carbocycles. The first kappa shape index (κ1) is 14.6. The molecule has 19 heavy (non-hydrogen) atoms. The molecule has 106 valence electrons. The van der Waals surface area contributed by atoms with Gasteiger partial charge in [-0.2, -0.15) is 0 Å². The third-order valence-corrected chi connectivity index (χ3v) is 3.98. The Kier molecular flexibility index (Phi) is 5.08. The lowest BCUT2D eigenvalue weighted by atomic mass is 10.0. The Bertz CT molecular complexity index is 388. The van der Waals surface area contributed by atoms with E-state index in [4.69, 9.17) is 16.3 Å². The van der Waals surface area contributed by atoms with Crippen LogP contribution in [0.15, 0.2) is 24.3 Å². The maximum absolute atomic E-state index is 9.93. The van der Waals surface area contributed by atoms with Crippen LogP contribution >= 0.6 is 11.6 Å². The van der Waals surface area contributed by atoms with E-state index in [1.807, 2.05) is 0 Å². The van der Waals surface area contributed by atoms with Gasteiger partial charge in [-0.3, -0.25) is 0 Å². The van der Waals surface area contributed by atoms with Crippen LogP contribution in [-0.4, -0.2) is 29.9 Å². The zero-order valence-corrected chi connectivity index (χ0v) is 12.1. The van der Waals surface area contributed by atoms with Crippen molar-refractivity contribution in [1.29, 1.82) is 0 Å². The van der Waals surface area contributed by atoms with Crippen molar-refractivity contribution in [2.75, 3.05) is 13.2 Å². The topological polar surface area (TPSA) is 41.5 Å². The maximum atomic E-state index is 9.93. The molecule has 0 amide bonds. The molecular formula is C15H22ClNO2. The molecule has 0 heterocycles. The monoisotopic (exact) mass is 283 g/mol. The van der Waals surface area contributed by atoms with Gasteiger partial charge in [0, 0.05) is 17.1 Å². The lowest BCUT2D eigenvalue weighted by Crippen LogP contribution is -2.44. The number of rotatable bonds is 6. The number of β-amino-alcohol motifs (C(OH)–C–C–N with tert-alkyl or cyclic N) is 1. The van der Waals surface area contributed by atoms with Crippen LogP contribution in [0.5, 0.6) is 5.75 Å². The summed E-state index contributed by atoms with van der Waals surface area (Å²) in [5.41, 5.74) is 0.196. The Morgan fingerprint density at radius 2 is 1.95 bits per heavy atom. The van der Waals surface area contributed by atoms with E-state index in [9.17, 15) is 5.11 Å². The first-order chi connectivity index (χ1) is 9.07. The van der Waals surface area contributed by atoms with E-state index < -0.39 is 6.10 Å². The van der Waals surface area contributed by atoms with E-state index in [0.29, 0.717) is 18.2 Å². The number of nitrogens with one attached hydrogen (secondary N) is 1. The third-order valence-electron chi connectivity index (χ3n) is 3.73. The average Bonchev–Trinajstić information content (AvgIpc) is 2.83. The van der Waals surface area contributed by atoms with Crippen molar-refractivity contribution in [3.05, 3.63) is 29.3 Å². The van der Waals surface area contributed by atoms with Gasteiger partial charge >= 0.3 is 0 Å². The van der Waals surface area contributed by atoms with Gasteiger partial charge in [0.15, 0.2) is 0 Å². The molecular weight excluding hydrogens is 262 g/mol. The normalized spacial score (nSPS) is 19.3. The highest BCUT2D eigenvalue weighted by Gasteiger charge is 2.28. The molecule has 0 saturated heterocycles. The summed E-state index contributed by atoms with van der Waals surface area (Å²) in [6, 6.07) is 7.17. The highest BCUT2D eigenvalue weighted by atomic mass is 35.5. The summed E-state index contributed by atoms with van der Waals surface area (Å²) in [5.74, 6) is 0.732. The Morgan fingerprint density at radius 1 is 1.32 bits per heavy atom. The molecule has 0 bridgehead atoms. The standard InChI is InChI=1S/C15H22ClNO2/c1-15(8-2-3-9-15)17-10-13(18)11-19-14-6-4-12(16)5-7-14/h4-7,13,17-18H,2-3,8-11H2,1H3. The third kappa shape index (κ3) is 4.68. The van der Waals surface area contributed by atoms with E-state index in [2.05, 4.69) is 12.2 Å². The summed E-state index contributed by atoms with van der Waals surface area (Å²) in [6.07, 6.45) is 4.45. The van der Waals surface area contributed by atoms with Gasteiger partial charge in [-0.15, -0.1) is 0 Å². The minimum absolute atomic E-state index is 0.196. The van der Waals surface area contributed by atoms with Crippen LogP contribution in [-0.2, 0) is 0 Å². The molecule has 2 rings (SSSR count). The minimum Gasteiger partial charge on any atom is -0.491 e. The number of aliphatic hydroxyl groups is 1. The molecule has 4 heteroatoms. The van der Waals surface area contributed by atoms with Crippen molar-refractivity contribution in [2.24, 2.45) is 0 Å². The van der Waals surface area contributed by atoms with E-state index >= 15 is 0 Å². The molecule has 1 aliphatic carbocycles. The molecule has 1 fully saturated rings. The largest absolute Gasteiger partial charge is 0.491 e. The van der Waals surface area contributed by atoms with Gasteiger partial charge in [0.05, 0.1) is 0 Å². The molecule has 0 aliphatic heterocycles. The quantitative estimate of drug-likeness (QED) is 0.843. The Hall–Kier alpha value is -0.770. The molecule has 1 aliphatic rings. The molecule has 0 spiro atoms. The second kappa shape index (κ2) is 6.60. The molecule has 1 saturated carbocycles. The average molecular weight is 284 g/mol. The smallest absolute Gasteiger partial charge is 0.119 e. The van der Waals surface area contributed by atoms with Crippen molar-refractivity contribution in [3.63, 3.8) is 0 Å².